The van der Waals surface area contributed by atoms with Crippen molar-refractivity contribution in [2.75, 3.05) is 11.1 Å². The Morgan fingerprint density at radius 3 is 2.29 bits per heavy atom. The quantitative estimate of drug-likeness (QED) is 0.411. The van der Waals surface area contributed by atoms with Gasteiger partial charge < -0.3 is 0 Å². The smallest absolute Gasteiger partial charge is 0.236 e. The van der Waals surface area contributed by atoms with Crippen molar-refractivity contribution in [1.29, 1.82) is 0 Å². The zero-order chi connectivity index (χ0) is 21.8. The predicted octanol–water partition coefficient (Wildman–Crippen LogP) is 4.70. The van der Waals surface area contributed by atoms with E-state index in [0.29, 0.717) is 10.3 Å². The molecule has 0 saturated carbocycles. The number of hydrogen-bond acceptors (Lipinski definition) is 7. The van der Waals surface area contributed by atoms with Gasteiger partial charge in [-0.3, -0.25) is 14.7 Å². The molecule has 7 nitrogen and oxygen atoms in total. The highest BCUT2D eigenvalue weighted by Gasteiger charge is 2.18. The van der Waals surface area contributed by atoms with E-state index < -0.39 is 0 Å². The van der Waals surface area contributed by atoms with Crippen LogP contribution in [0, 0.1) is 13.8 Å². The van der Waals surface area contributed by atoms with Crippen LogP contribution in [0.3, 0.4) is 0 Å². The minimum Gasteiger partial charge on any atom is -0.300 e. The molecular formula is C22H22N6OS2. The Kier molecular flexibility index (Phi) is 6.43. The second-order valence-electron chi connectivity index (χ2n) is 7.03. The Balaban J connectivity index is 1.58. The van der Waals surface area contributed by atoms with Gasteiger partial charge >= 0.3 is 0 Å². The number of nitrogens with one attached hydrogen (secondary N) is 1. The number of nitrogens with zero attached hydrogens (tertiary/aromatic N) is 5. The van der Waals surface area contributed by atoms with Gasteiger partial charge in [-0.15, -0.1) is 20.4 Å². The molecule has 0 aliphatic rings. The van der Waals surface area contributed by atoms with Crippen molar-refractivity contribution in [1.82, 2.24) is 25.0 Å². The summed E-state index contributed by atoms with van der Waals surface area (Å²) < 4.78 is 1.99. The Labute approximate surface area is 189 Å². The zero-order valence-corrected chi connectivity index (χ0v) is 19.1. The third-order valence-electron chi connectivity index (χ3n) is 4.58. The second kappa shape index (κ2) is 9.40. The third-order valence-corrected chi connectivity index (χ3v) is 6.50. The largest absolute Gasteiger partial charge is 0.300 e. The maximum Gasteiger partial charge on any atom is 0.236 e. The summed E-state index contributed by atoms with van der Waals surface area (Å²) in [6, 6.07) is 16.3. The molecule has 0 aliphatic heterocycles. The number of aryl methyl sites for hydroxylation is 3. The number of thioether (sulfide) groups is 1. The molecular weight excluding hydrogens is 428 g/mol. The first kappa shape index (κ1) is 21.2. The Morgan fingerprint density at radius 2 is 1.65 bits per heavy atom. The van der Waals surface area contributed by atoms with Crippen molar-refractivity contribution in [3.8, 4) is 17.1 Å². The first-order chi connectivity index (χ1) is 15.0. The summed E-state index contributed by atoms with van der Waals surface area (Å²) >= 11 is 2.73. The zero-order valence-electron chi connectivity index (χ0n) is 17.5. The van der Waals surface area contributed by atoms with Crippen LogP contribution in [0.25, 0.3) is 17.1 Å². The molecule has 1 N–H and O–H groups in total. The van der Waals surface area contributed by atoms with Crippen molar-refractivity contribution >= 4 is 34.1 Å². The number of amides is 1. The lowest BCUT2D eigenvalue weighted by atomic mass is 10.1. The summed E-state index contributed by atoms with van der Waals surface area (Å²) in [5.41, 5.74) is 4.27. The van der Waals surface area contributed by atoms with Gasteiger partial charge in [-0.1, -0.05) is 77.5 Å². The van der Waals surface area contributed by atoms with Gasteiger partial charge in [-0.05, 0) is 32.4 Å². The van der Waals surface area contributed by atoms with Crippen LogP contribution in [0.4, 0.5) is 5.13 Å². The summed E-state index contributed by atoms with van der Waals surface area (Å²) in [5, 5.41) is 21.7. The molecule has 9 heteroatoms. The van der Waals surface area contributed by atoms with Gasteiger partial charge in [0, 0.05) is 11.3 Å². The van der Waals surface area contributed by atoms with Gasteiger partial charge in [0.15, 0.2) is 11.0 Å². The fraction of sp³-hybridized carbons (Fsp3) is 0.227. The van der Waals surface area contributed by atoms with E-state index in [1.54, 1.807) is 0 Å². The first-order valence-electron chi connectivity index (χ1n) is 9.88. The molecule has 0 radical (unpaired) electrons. The molecule has 4 rings (SSSR count). The molecule has 0 spiro atoms. The SMILES string of the molecule is CCc1nnc(NC(=O)CSc2nnc(-c3ccc(C)cc3)n2-c2ccc(C)cc2)s1. The van der Waals surface area contributed by atoms with Gasteiger partial charge in [-0.2, -0.15) is 0 Å². The van der Waals surface area contributed by atoms with Crippen molar-refractivity contribution in [3.63, 3.8) is 0 Å². The van der Waals surface area contributed by atoms with E-state index in [-0.39, 0.29) is 11.7 Å². The highest BCUT2D eigenvalue weighted by molar-refractivity contribution is 7.99. The van der Waals surface area contributed by atoms with E-state index in [1.165, 1.54) is 34.2 Å². The molecule has 1 amide bonds. The number of aromatic nitrogens is 5. The molecule has 0 saturated heterocycles. The van der Waals surface area contributed by atoms with Crippen LogP contribution in [0.5, 0.6) is 0 Å². The van der Waals surface area contributed by atoms with Crippen molar-refractivity contribution in [2.24, 2.45) is 0 Å². The number of hydrogen-bond donors (Lipinski definition) is 1. The molecule has 31 heavy (non-hydrogen) atoms. The summed E-state index contributed by atoms with van der Waals surface area (Å²) in [6.07, 6.45) is 0.795. The van der Waals surface area contributed by atoms with Crippen LogP contribution < -0.4 is 5.32 Å². The van der Waals surface area contributed by atoms with E-state index >= 15 is 0 Å². The van der Waals surface area contributed by atoms with Crippen LogP contribution in [-0.2, 0) is 11.2 Å². The minimum absolute atomic E-state index is 0.154. The van der Waals surface area contributed by atoms with Crippen LogP contribution in [0.2, 0.25) is 0 Å². The van der Waals surface area contributed by atoms with Crippen molar-refractivity contribution in [2.45, 2.75) is 32.3 Å². The van der Waals surface area contributed by atoms with Crippen LogP contribution in [0.1, 0.15) is 23.1 Å². The maximum absolute atomic E-state index is 12.4. The van der Waals surface area contributed by atoms with E-state index in [9.17, 15) is 4.79 Å². The van der Waals surface area contributed by atoms with Gasteiger partial charge in [0.1, 0.15) is 5.01 Å². The highest BCUT2D eigenvalue weighted by Crippen LogP contribution is 2.28. The fourth-order valence-corrected chi connectivity index (χ4v) is 4.36. The van der Waals surface area contributed by atoms with Gasteiger partial charge in [0.25, 0.3) is 0 Å². The monoisotopic (exact) mass is 450 g/mol. The molecule has 2 heterocycles. The van der Waals surface area contributed by atoms with E-state index in [1.807, 2.05) is 42.7 Å². The molecule has 0 fully saturated rings. The highest BCUT2D eigenvalue weighted by atomic mass is 32.2. The third kappa shape index (κ3) is 5.00. The second-order valence-corrected chi connectivity index (χ2v) is 9.04. The number of carbonyl (C=O) groups excluding carboxylic acids is 1. The number of anilines is 1. The summed E-state index contributed by atoms with van der Waals surface area (Å²) in [6.45, 7) is 6.11. The summed E-state index contributed by atoms with van der Waals surface area (Å²) in [7, 11) is 0. The number of rotatable bonds is 7. The summed E-state index contributed by atoms with van der Waals surface area (Å²) in [4.78, 5) is 12.4. The maximum atomic E-state index is 12.4. The lowest BCUT2D eigenvalue weighted by molar-refractivity contribution is -0.113. The Hall–Kier alpha value is -3.04. The Morgan fingerprint density at radius 1 is 0.968 bits per heavy atom. The van der Waals surface area contributed by atoms with Gasteiger partial charge in [-0.25, -0.2) is 0 Å². The Bertz CT molecular complexity index is 1180. The molecule has 0 unspecified atom stereocenters. The standard InChI is InChI=1S/C22H22N6OS2/c1-4-19-24-26-21(31-19)23-18(29)13-30-22-27-25-20(16-9-5-14(2)6-10-16)28(22)17-11-7-15(3)8-12-17/h5-12H,4,13H2,1-3H3,(H,23,26,29). The molecule has 0 atom stereocenters. The average Bonchev–Trinajstić information content (AvgIpc) is 3.40. The van der Waals surface area contributed by atoms with Gasteiger partial charge in [0.05, 0.1) is 5.75 Å². The predicted molar refractivity (Wildman–Crippen MR) is 125 cm³/mol. The summed E-state index contributed by atoms with van der Waals surface area (Å²) in [5.74, 6) is 0.779. The average molecular weight is 451 g/mol. The number of carbonyl (C=O) groups is 1. The number of benzene rings is 2. The van der Waals surface area contributed by atoms with E-state index in [4.69, 9.17) is 0 Å². The molecule has 0 aliphatic carbocycles. The topological polar surface area (TPSA) is 85.6 Å². The molecule has 4 aromatic rings. The molecule has 2 aromatic heterocycles. The lowest BCUT2D eigenvalue weighted by Crippen LogP contribution is -2.14. The molecule has 0 bridgehead atoms. The normalized spacial score (nSPS) is 10.9. The molecule has 158 valence electrons. The first-order valence-corrected chi connectivity index (χ1v) is 11.7. The van der Waals surface area contributed by atoms with Crippen molar-refractivity contribution < 1.29 is 4.79 Å². The van der Waals surface area contributed by atoms with Gasteiger partial charge in [0.2, 0.25) is 11.0 Å². The fourth-order valence-electron chi connectivity index (χ4n) is 2.91. The minimum atomic E-state index is -0.154. The van der Waals surface area contributed by atoms with E-state index in [2.05, 4.69) is 56.9 Å². The van der Waals surface area contributed by atoms with Crippen molar-refractivity contribution in [3.05, 3.63) is 64.7 Å². The van der Waals surface area contributed by atoms with Crippen LogP contribution >= 0.6 is 23.1 Å². The van der Waals surface area contributed by atoms with E-state index in [0.717, 1.165) is 28.5 Å². The molecule has 2 aromatic carbocycles. The van der Waals surface area contributed by atoms with Crippen LogP contribution in [0.15, 0.2) is 53.7 Å². The van der Waals surface area contributed by atoms with Crippen LogP contribution in [-0.4, -0.2) is 36.6 Å². The lowest BCUT2D eigenvalue weighted by Gasteiger charge is -2.11.